The predicted octanol–water partition coefficient (Wildman–Crippen LogP) is 1.58. The van der Waals surface area contributed by atoms with Gasteiger partial charge in [0, 0.05) is 6.54 Å². The lowest BCUT2D eigenvalue weighted by molar-refractivity contribution is -0.121. The molecule has 1 aliphatic rings. The van der Waals surface area contributed by atoms with E-state index in [9.17, 15) is 18.0 Å². The molecule has 0 atom stereocenters. The van der Waals surface area contributed by atoms with Gasteiger partial charge in [-0.3, -0.25) is 9.59 Å². The number of carbonyl (C=O) groups is 2. The molecule has 0 unspecified atom stereocenters. The molecular weight excluding hydrogens is 340 g/mol. The fourth-order valence-corrected chi connectivity index (χ4v) is 4.26. The van der Waals surface area contributed by atoms with E-state index in [2.05, 4.69) is 5.32 Å². The first-order chi connectivity index (χ1) is 12.0. The first kappa shape index (κ1) is 17.2. The van der Waals surface area contributed by atoms with Gasteiger partial charge in [0.05, 0.1) is 5.56 Å². The molecule has 130 valence electrons. The molecule has 7 heteroatoms. The van der Waals surface area contributed by atoms with Gasteiger partial charge in [-0.2, -0.15) is 0 Å². The van der Waals surface area contributed by atoms with E-state index in [1.807, 2.05) is 30.3 Å². The van der Waals surface area contributed by atoms with Gasteiger partial charge in [-0.1, -0.05) is 42.5 Å². The highest BCUT2D eigenvalue weighted by molar-refractivity contribution is 7.90. The van der Waals surface area contributed by atoms with Crippen molar-refractivity contribution >= 4 is 21.8 Å². The second-order valence-electron chi connectivity index (χ2n) is 5.75. The molecule has 25 heavy (non-hydrogen) atoms. The average Bonchev–Trinajstić information content (AvgIpc) is 2.81. The number of benzene rings is 2. The van der Waals surface area contributed by atoms with E-state index in [-0.39, 0.29) is 10.5 Å². The van der Waals surface area contributed by atoms with Crippen molar-refractivity contribution in [2.45, 2.75) is 17.7 Å². The number of rotatable bonds is 6. The Hall–Kier alpha value is -2.67. The molecule has 2 amide bonds. The molecule has 0 saturated heterocycles. The van der Waals surface area contributed by atoms with E-state index >= 15 is 0 Å². The zero-order valence-corrected chi connectivity index (χ0v) is 14.3. The maximum Gasteiger partial charge on any atom is 0.269 e. The van der Waals surface area contributed by atoms with Crippen LogP contribution in [0.15, 0.2) is 59.5 Å². The quantitative estimate of drug-likeness (QED) is 0.795. The van der Waals surface area contributed by atoms with Crippen LogP contribution in [0, 0.1) is 0 Å². The van der Waals surface area contributed by atoms with Crippen LogP contribution in [-0.4, -0.2) is 37.6 Å². The van der Waals surface area contributed by atoms with Gasteiger partial charge in [-0.15, -0.1) is 0 Å². The molecule has 3 rings (SSSR count). The number of amides is 2. The zero-order chi connectivity index (χ0) is 17.9. The van der Waals surface area contributed by atoms with Gasteiger partial charge < -0.3 is 5.32 Å². The third-order valence-electron chi connectivity index (χ3n) is 4.01. The maximum absolute atomic E-state index is 12.4. The number of nitrogens with one attached hydrogen (secondary N) is 1. The molecule has 0 spiro atoms. The molecule has 6 nitrogen and oxygen atoms in total. The molecule has 0 aromatic heterocycles. The van der Waals surface area contributed by atoms with Gasteiger partial charge in [0.1, 0.15) is 11.4 Å². The predicted molar refractivity (Wildman–Crippen MR) is 92.4 cm³/mol. The normalized spacial score (nSPS) is 15.0. The minimum atomic E-state index is -3.94. The summed E-state index contributed by atoms with van der Waals surface area (Å²) in [6, 6.07) is 15.8. The van der Waals surface area contributed by atoms with Crippen LogP contribution < -0.4 is 5.32 Å². The topological polar surface area (TPSA) is 83.6 Å². The molecule has 0 aliphatic carbocycles. The Morgan fingerprint density at radius 1 is 1.00 bits per heavy atom. The monoisotopic (exact) mass is 358 g/mol. The minimum Gasteiger partial charge on any atom is -0.355 e. The van der Waals surface area contributed by atoms with Gasteiger partial charge in [0.15, 0.2) is 0 Å². The molecule has 2 aromatic rings. The zero-order valence-electron chi connectivity index (χ0n) is 13.5. The van der Waals surface area contributed by atoms with Crippen molar-refractivity contribution in [3.8, 4) is 0 Å². The van der Waals surface area contributed by atoms with Crippen LogP contribution in [0.4, 0.5) is 0 Å². The van der Waals surface area contributed by atoms with E-state index in [0.29, 0.717) is 10.8 Å². The van der Waals surface area contributed by atoms with Crippen LogP contribution in [0.5, 0.6) is 0 Å². The maximum atomic E-state index is 12.4. The SMILES string of the molecule is O=C(CN1C(=O)c2ccccc2S1(=O)=O)NCCCc1ccccc1. The Morgan fingerprint density at radius 2 is 1.68 bits per heavy atom. The van der Waals surface area contributed by atoms with Crippen LogP contribution in [0.1, 0.15) is 22.3 Å². The summed E-state index contributed by atoms with van der Waals surface area (Å²) in [5.41, 5.74) is 1.28. The molecule has 0 fully saturated rings. The lowest BCUT2D eigenvalue weighted by Gasteiger charge is -2.14. The van der Waals surface area contributed by atoms with Gasteiger partial charge >= 0.3 is 0 Å². The van der Waals surface area contributed by atoms with E-state index in [0.717, 1.165) is 12.8 Å². The van der Waals surface area contributed by atoms with Gasteiger partial charge in [-0.25, -0.2) is 12.7 Å². The number of carbonyl (C=O) groups excluding carboxylic acids is 2. The van der Waals surface area contributed by atoms with Gasteiger partial charge in [0.2, 0.25) is 5.91 Å². The fraction of sp³-hybridized carbons (Fsp3) is 0.222. The lowest BCUT2D eigenvalue weighted by Crippen LogP contribution is -2.40. The summed E-state index contributed by atoms with van der Waals surface area (Å²) in [4.78, 5) is 24.2. The molecular formula is C18H18N2O4S. The summed E-state index contributed by atoms with van der Waals surface area (Å²) < 4.78 is 25.4. The van der Waals surface area contributed by atoms with Crippen LogP contribution in [-0.2, 0) is 21.2 Å². The standard InChI is InChI=1S/C18H18N2O4S/c21-17(19-12-6-9-14-7-2-1-3-8-14)13-20-18(22)15-10-4-5-11-16(15)25(20,23)24/h1-5,7-8,10-11H,6,9,12-13H2,(H,19,21). The Labute approximate surface area is 146 Å². The van der Waals surface area contributed by atoms with Crippen molar-refractivity contribution in [2.24, 2.45) is 0 Å². The van der Waals surface area contributed by atoms with E-state index < -0.39 is 28.4 Å². The molecule has 1 N–H and O–H groups in total. The van der Waals surface area contributed by atoms with E-state index in [1.165, 1.54) is 17.7 Å². The lowest BCUT2D eigenvalue weighted by atomic mass is 10.1. The first-order valence-electron chi connectivity index (χ1n) is 7.97. The molecule has 0 saturated carbocycles. The third kappa shape index (κ3) is 3.56. The van der Waals surface area contributed by atoms with Crippen LogP contribution in [0.2, 0.25) is 0 Å². The average molecular weight is 358 g/mol. The van der Waals surface area contributed by atoms with Crippen molar-refractivity contribution in [3.05, 3.63) is 65.7 Å². The van der Waals surface area contributed by atoms with Gasteiger partial charge in [-0.05, 0) is 30.5 Å². The molecule has 0 bridgehead atoms. The van der Waals surface area contributed by atoms with Crippen LogP contribution in [0.3, 0.4) is 0 Å². The summed E-state index contributed by atoms with van der Waals surface area (Å²) in [5, 5.41) is 2.67. The molecule has 1 aliphatic heterocycles. The summed E-state index contributed by atoms with van der Waals surface area (Å²) in [5.74, 6) is -1.15. The summed E-state index contributed by atoms with van der Waals surface area (Å²) >= 11 is 0. The molecule has 2 aromatic carbocycles. The highest BCUT2D eigenvalue weighted by Gasteiger charge is 2.41. The Bertz CT molecular complexity index is 894. The highest BCUT2D eigenvalue weighted by Crippen LogP contribution is 2.29. The van der Waals surface area contributed by atoms with Crippen molar-refractivity contribution in [2.75, 3.05) is 13.1 Å². The third-order valence-corrected chi connectivity index (χ3v) is 5.79. The Morgan fingerprint density at radius 3 is 2.40 bits per heavy atom. The van der Waals surface area contributed by atoms with Crippen molar-refractivity contribution < 1.29 is 18.0 Å². The van der Waals surface area contributed by atoms with Crippen molar-refractivity contribution in [1.82, 2.24) is 9.62 Å². The Kier molecular flexibility index (Phi) is 4.85. The van der Waals surface area contributed by atoms with Crippen molar-refractivity contribution in [3.63, 3.8) is 0 Å². The summed E-state index contributed by atoms with van der Waals surface area (Å²) in [6.45, 7) is -0.0794. The number of sulfonamides is 1. The summed E-state index contributed by atoms with van der Waals surface area (Å²) in [7, 11) is -3.94. The molecule has 0 radical (unpaired) electrons. The first-order valence-corrected chi connectivity index (χ1v) is 9.41. The number of hydrogen-bond donors (Lipinski definition) is 1. The Balaban J connectivity index is 1.54. The minimum absolute atomic E-state index is 0.0446. The number of fused-ring (bicyclic) bond motifs is 1. The highest BCUT2D eigenvalue weighted by atomic mass is 32.2. The van der Waals surface area contributed by atoms with Crippen LogP contribution in [0.25, 0.3) is 0 Å². The van der Waals surface area contributed by atoms with Crippen LogP contribution >= 0.6 is 0 Å². The molecule has 1 heterocycles. The number of hydrogen-bond acceptors (Lipinski definition) is 4. The van der Waals surface area contributed by atoms with E-state index in [4.69, 9.17) is 0 Å². The second-order valence-corrected chi connectivity index (χ2v) is 7.58. The number of aryl methyl sites for hydroxylation is 1. The second kappa shape index (κ2) is 7.06. The van der Waals surface area contributed by atoms with Gasteiger partial charge in [0.25, 0.3) is 15.9 Å². The van der Waals surface area contributed by atoms with Crippen molar-refractivity contribution in [1.29, 1.82) is 0 Å². The number of nitrogens with zero attached hydrogens (tertiary/aromatic N) is 1. The largest absolute Gasteiger partial charge is 0.355 e. The fourth-order valence-electron chi connectivity index (χ4n) is 2.74. The van der Waals surface area contributed by atoms with E-state index in [1.54, 1.807) is 12.1 Å². The smallest absolute Gasteiger partial charge is 0.269 e. The summed E-state index contributed by atoms with van der Waals surface area (Å²) in [6.07, 6.45) is 1.55.